The van der Waals surface area contributed by atoms with E-state index in [4.69, 9.17) is 0 Å². The Hall–Kier alpha value is -3.57. The molecule has 0 fully saturated rings. The monoisotopic (exact) mass is 485 g/mol. The van der Waals surface area contributed by atoms with Gasteiger partial charge in [0.25, 0.3) is 17.4 Å². The molecule has 180 valence electrons. The molecule has 1 atom stereocenters. The van der Waals surface area contributed by atoms with Gasteiger partial charge in [0, 0.05) is 11.9 Å². The first kappa shape index (κ1) is 25.1. The third kappa shape index (κ3) is 5.86. The van der Waals surface area contributed by atoms with Crippen LogP contribution in [-0.4, -0.2) is 36.1 Å². The molecular weight excluding hydrogens is 458 g/mol. The molecule has 0 aliphatic carbocycles. The van der Waals surface area contributed by atoms with Crippen molar-refractivity contribution in [3.63, 3.8) is 0 Å². The van der Waals surface area contributed by atoms with E-state index in [1.54, 1.807) is 42.5 Å². The molecule has 0 aliphatic heterocycles. The van der Waals surface area contributed by atoms with E-state index in [1.165, 1.54) is 23.7 Å². The molecule has 0 saturated heterocycles. The van der Waals surface area contributed by atoms with Crippen LogP contribution in [0.5, 0.6) is 0 Å². The molecule has 10 nitrogen and oxygen atoms in total. The fourth-order valence-corrected chi connectivity index (χ4v) is 4.53. The summed E-state index contributed by atoms with van der Waals surface area (Å²) in [6.07, 6.45) is 2.61. The lowest BCUT2D eigenvalue weighted by Gasteiger charge is -2.15. The average Bonchev–Trinajstić information content (AvgIpc) is 2.84. The lowest BCUT2D eigenvalue weighted by molar-refractivity contribution is -0.123. The zero-order chi connectivity index (χ0) is 24.7. The van der Waals surface area contributed by atoms with Crippen LogP contribution >= 0.6 is 0 Å². The maximum Gasteiger partial charge on any atom is 0.290 e. The standard InChI is InChI=1S/C23H27N5O5S/c1-3-4-10-15-28-23(31)19-14-9-8-13-18(19)20(26-28)22(30)25-24-21(29)16(2)27-34(32,33)17-11-6-5-7-12-17/h5-9,11-14,16,27H,3-4,10,15H2,1-2H3,(H,24,29)(H,25,30)/t16-/m0/s1. The van der Waals surface area contributed by atoms with E-state index in [0.717, 1.165) is 19.3 Å². The van der Waals surface area contributed by atoms with Gasteiger partial charge in [-0.15, -0.1) is 0 Å². The molecule has 11 heteroatoms. The minimum absolute atomic E-state index is 0.0136. The third-order valence-electron chi connectivity index (χ3n) is 5.13. The number of hydrogen-bond acceptors (Lipinski definition) is 6. The summed E-state index contributed by atoms with van der Waals surface area (Å²) < 4.78 is 28.3. The molecule has 3 rings (SSSR count). The minimum Gasteiger partial charge on any atom is -0.271 e. The van der Waals surface area contributed by atoms with Gasteiger partial charge in [-0.1, -0.05) is 56.2 Å². The number of hydrogen-bond donors (Lipinski definition) is 3. The molecule has 1 heterocycles. The number of nitrogens with one attached hydrogen (secondary N) is 3. The third-order valence-corrected chi connectivity index (χ3v) is 6.69. The van der Waals surface area contributed by atoms with Gasteiger partial charge in [-0.2, -0.15) is 9.82 Å². The molecule has 3 aromatic rings. The second-order valence-corrected chi connectivity index (χ2v) is 9.44. The smallest absolute Gasteiger partial charge is 0.271 e. The molecule has 2 amide bonds. The van der Waals surface area contributed by atoms with Crippen molar-refractivity contribution in [2.75, 3.05) is 0 Å². The second kappa shape index (κ2) is 11.0. The first-order valence-electron chi connectivity index (χ1n) is 10.9. The molecule has 1 aromatic heterocycles. The molecular formula is C23H27N5O5S. The molecule has 0 spiro atoms. The highest BCUT2D eigenvalue weighted by Crippen LogP contribution is 2.13. The first-order valence-corrected chi connectivity index (χ1v) is 12.4. The SMILES string of the molecule is CCCCCn1nc(C(=O)NNC(=O)[C@H](C)NS(=O)(=O)c2ccccc2)c2ccccc2c1=O. The van der Waals surface area contributed by atoms with Gasteiger partial charge in [-0.3, -0.25) is 25.2 Å². The Labute approximate surface area is 197 Å². The molecule has 0 aliphatic rings. The molecule has 0 unspecified atom stereocenters. The van der Waals surface area contributed by atoms with Crippen LogP contribution in [0.2, 0.25) is 0 Å². The fourth-order valence-electron chi connectivity index (χ4n) is 3.31. The summed E-state index contributed by atoms with van der Waals surface area (Å²) in [5, 5.41) is 4.92. The summed E-state index contributed by atoms with van der Waals surface area (Å²) in [5.41, 5.74) is 4.15. The van der Waals surface area contributed by atoms with Gasteiger partial charge in [0.1, 0.15) is 0 Å². The fraction of sp³-hybridized carbons (Fsp3) is 0.304. The maximum absolute atomic E-state index is 12.8. The molecule has 3 N–H and O–H groups in total. The Bertz CT molecular complexity index is 1340. The summed E-state index contributed by atoms with van der Waals surface area (Å²) in [4.78, 5) is 38.0. The van der Waals surface area contributed by atoms with Crippen molar-refractivity contribution in [3.05, 3.63) is 70.6 Å². The van der Waals surface area contributed by atoms with Crippen LogP contribution in [0.15, 0.2) is 64.3 Å². The first-order chi connectivity index (χ1) is 16.2. The number of hydrazine groups is 1. The summed E-state index contributed by atoms with van der Waals surface area (Å²) in [7, 11) is -3.92. The second-order valence-electron chi connectivity index (χ2n) is 7.73. The Morgan fingerprint density at radius 1 is 0.971 bits per heavy atom. The highest BCUT2D eigenvalue weighted by atomic mass is 32.2. The van der Waals surface area contributed by atoms with Crippen molar-refractivity contribution in [1.82, 2.24) is 25.4 Å². The number of aromatic nitrogens is 2. The molecule has 0 bridgehead atoms. The number of sulfonamides is 1. The van der Waals surface area contributed by atoms with Crippen molar-refractivity contribution in [1.29, 1.82) is 0 Å². The lowest BCUT2D eigenvalue weighted by Crippen LogP contribution is -2.51. The Balaban J connectivity index is 1.74. The molecule has 0 radical (unpaired) electrons. The topological polar surface area (TPSA) is 139 Å². The van der Waals surface area contributed by atoms with Crippen LogP contribution in [0.4, 0.5) is 0 Å². The predicted molar refractivity (Wildman–Crippen MR) is 127 cm³/mol. The van der Waals surface area contributed by atoms with Gasteiger partial charge in [-0.25, -0.2) is 13.1 Å². The van der Waals surface area contributed by atoms with Gasteiger partial charge in [-0.05, 0) is 31.5 Å². The number of carbonyl (C=O) groups excluding carboxylic acids is 2. The van der Waals surface area contributed by atoms with Crippen molar-refractivity contribution in [2.45, 2.75) is 50.6 Å². The van der Waals surface area contributed by atoms with Crippen LogP contribution in [-0.2, 0) is 21.4 Å². The summed E-state index contributed by atoms with van der Waals surface area (Å²) in [5.74, 6) is -1.50. The van der Waals surface area contributed by atoms with Gasteiger partial charge in [0.15, 0.2) is 5.69 Å². The number of benzene rings is 2. The zero-order valence-electron chi connectivity index (χ0n) is 18.9. The number of carbonyl (C=O) groups is 2. The van der Waals surface area contributed by atoms with Crippen LogP contribution in [0.3, 0.4) is 0 Å². The molecule has 34 heavy (non-hydrogen) atoms. The van der Waals surface area contributed by atoms with E-state index in [0.29, 0.717) is 17.3 Å². The maximum atomic E-state index is 12.8. The minimum atomic E-state index is -3.92. The Morgan fingerprint density at radius 3 is 2.29 bits per heavy atom. The number of fused-ring (bicyclic) bond motifs is 1. The van der Waals surface area contributed by atoms with E-state index in [2.05, 4.69) is 20.7 Å². The van der Waals surface area contributed by atoms with Gasteiger partial charge in [0.2, 0.25) is 10.0 Å². The number of nitrogens with zero attached hydrogens (tertiary/aromatic N) is 2. The Kier molecular flexibility index (Phi) is 8.13. The largest absolute Gasteiger partial charge is 0.290 e. The summed E-state index contributed by atoms with van der Waals surface area (Å²) in [6, 6.07) is 13.1. The highest BCUT2D eigenvalue weighted by molar-refractivity contribution is 7.89. The van der Waals surface area contributed by atoms with E-state index >= 15 is 0 Å². The number of aryl methyl sites for hydroxylation is 1. The van der Waals surface area contributed by atoms with E-state index < -0.39 is 27.9 Å². The van der Waals surface area contributed by atoms with Crippen LogP contribution in [0, 0.1) is 0 Å². The summed E-state index contributed by atoms with van der Waals surface area (Å²) in [6.45, 7) is 3.76. The molecule has 0 saturated carbocycles. The van der Waals surface area contributed by atoms with Crippen molar-refractivity contribution >= 4 is 32.6 Å². The van der Waals surface area contributed by atoms with Gasteiger partial charge in [0.05, 0.1) is 16.3 Å². The average molecular weight is 486 g/mol. The molecule has 2 aromatic carbocycles. The predicted octanol–water partition coefficient (Wildman–Crippen LogP) is 1.71. The zero-order valence-corrected chi connectivity index (χ0v) is 19.8. The normalized spacial score (nSPS) is 12.3. The highest BCUT2D eigenvalue weighted by Gasteiger charge is 2.23. The summed E-state index contributed by atoms with van der Waals surface area (Å²) >= 11 is 0. The number of rotatable bonds is 9. The van der Waals surface area contributed by atoms with Gasteiger partial charge < -0.3 is 0 Å². The van der Waals surface area contributed by atoms with E-state index in [9.17, 15) is 22.8 Å². The van der Waals surface area contributed by atoms with E-state index in [-0.39, 0.29) is 16.1 Å². The van der Waals surface area contributed by atoms with Crippen molar-refractivity contribution < 1.29 is 18.0 Å². The Morgan fingerprint density at radius 2 is 1.62 bits per heavy atom. The van der Waals surface area contributed by atoms with Crippen LogP contribution in [0.1, 0.15) is 43.6 Å². The van der Waals surface area contributed by atoms with Crippen molar-refractivity contribution in [3.8, 4) is 0 Å². The van der Waals surface area contributed by atoms with Crippen LogP contribution < -0.4 is 21.1 Å². The van der Waals surface area contributed by atoms with Crippen LogP contribution in [0.25, 0.3) is 10.8 Å². The quantitative estimate of drug-likeness (QED) is 0.311. The van der Waals surface area contributed by atoms with E-state index in [1.807, 2.05) is 6.92 Å². The lowest BCUT2D eigenvalue weighted by atomic mass is 10.1. The number of unbranched alkanes of at least 4 members (excludes halogenated alkanes) is 2. The van der Waals surface area contributed by atoms with Crippen molar-refractivity contribution in [2.24, 2.45) is 0 Å². The van der Waals surface area contributed by atoms with Gasteiger partial charge >= 0.3 is 0 Å². The number of amides is 2.